The summed E-state index contributed by atoms with van der Waals surface area (Å²) in [4.78, 5) is 62.4. The standard InChI is InChI=1S/C28H35FN4O8.CH3/c1-5-39-24(35)13-11-20(10-12-23(30)34)31-27(37)22(15-18-6-8-19(29)9-7-18)40-28(38)25(16(2)3)32-26(36)21-14-17(4)41-33-21;/h6-9,11,13-14,16,20,22,25H,5,10,12,15H2,1-4H3,(H2,30,34)(H,31,37)(H,32,36);1H3/q;-1/b13-11+;/t20-,22-,25-;/m0./s1. The predicted octanol–water partition coefficient (Wildman–Crippen LogP) is 2.35. The van der Waals surface area contributed by atoms with E-state index in [1.165, 1.54) is 36.4 Å². The van der Waals surface area contributed by atoms with Crippen LogP contribution in [-0.4, -0.2) is 59.6 Å². The highest BCUT2D eigenvalue weighted by Crippen LogP contribution is 2.14. The van der Waals surface area contributed by atoms with Gasteiger partial charge in [0, 0.05) is 31.0 Å². The fourth-order valence-electron chi connectivity index (χ4n) is 3.60. The number of aryl methyl sites for hydroxylation is 1. The van der Waals surface area contributed by atoms with Crippen molar-refractivity contribution < 1.29 is 42.4 Å². The molecule has 4 N–H and O–H groups in total. The Morgan fingerprint density at radius 2 is 1.79 bits per heavy atom. The van der Waals surface area contributed by atoms with Crippen molar-refractivity contribution in [3.8, 4) is 0 Å². The summed E-state index contributed by atoms with van der Waals surface area (Å²) in [5.74, 6) is -4.14. The van der Waals surface area contributed by atoms with Gasteiger partial charge in [-0.05, 0) is 43.9 Å². The van der Waals surface area contributed by atoms with Gasteiger partial charge >= 0.3 is 11.9 Å². The number of benzene rings is 1. The Morgan fingerprint density at radius 1 is 1.12 bits per heavy atom. The van der Waals surface area contributed by atoms with Crippen molar-refractivity contribution in [3.05, 3.63) is 72.7 Å². The number of nitrogens with two attached hydrogens (primary N) is 1. The molecule has 2 aromatic rings. The van der Waals surface area contributed by atoms with E-state index in [1.807, 2.05) is 0 Å². The number of aromatic nitrogens is 1. The van der Waals surface area contributed by atoms with Crippen molar-refractivity contribution in [3.63, 3.8) is 0 Å². The zero-order valence-corrected chi connectivity index (χ0v) is 24.3. The highest BCUT2D eigenvalue weighted by Gasteiger charge is 2.32. The van der Waals surface area contributed by atoms with Gasteiger partial charge in [0.25, 0.3) is 11.8 Å². The molecule has 3 amide bonds. The summed E-state index contributed by atoms with van der Waals surface area (Å²) < 4.78 is 28.8. The van der Waals surface area contributed by atoms with Crippen LogP contribution in [0.5, 0.6) is 0 Å². The van der Waals surface area contributed by atoms with Crippen LogP contribution in [0.1, 0.15) is 55.4 Å². The molecular formula is C29H38FN4O8-. The van der Waals surface area contributed by atoms with Gasteiger partial charge in [-0.3, -0.25) is 14.4 Å². The maximum Gasteiger partial charge on any atom is 0.330 e. The number of carbonyl (C=O) groups is 5. The van der Waals surface area contributed by atoms with E-state index in [4.69, 9.17) is 19.7 Å². The first-order valence-corrected chi connectivity index (χ1v) is 13.0. The van der Waals surface area contributed by atoms with Crippen molar-refractivity contribution in [1.82, 2.24) is 15.8 Å². The molecule has 0 aliphatic rings. The number of halogens is 1. The van der Waals surface area contributed by atoms with Gasteiger partial charge in [0.05, 0.1) is 6.61 Å². The predicted molar refractivity (Wildman–Crippen MR) is 150 cm³/mol. The lowest BCUT2D eigenvalue weighted by Gasteiger charge is -2.25. The third kappa shape index (κ3) is 11.9. The first kappa shape index (κ1) is 35.5. The molecule has 230 valence electrons. The molecule has 0 aliphatic heterocycles. The second-order valence-electron chi connectivity index (χ2n) is 9.51. The maximum atomic E-state index is 13.5. The number of ether oxygens (including phenoxy) is 2. The monoisotopic (exact) mass is 589 g/mol. The van der Waals surface area contributed by atoms with E-state index in [0.717, 1.165) is 6.08 Å². The highest BCUT2D eigenvalue weighted by atomic mass is 19.1. The Balaban J connectivity index is 0.00000882. The summed E-state index contributed by atoms with van der Waals surface area (Å²) in [6.45, 7) is 6.73. The number of nitrogens with zero attached hydrogens (tertiary/aromatic N) is 1. The largest absolute Gasteiger partial charge is 0.463 e. The molecule has 0 bridgehead atoms. The zero-order valence-electron chi connectivity index (χ0n) is 24.3. The van der Waals surface area contributed by atoms with Crippen molar-refractivity contribution in [2.45, 2.75) is 65.1 Å². The van der Waals surface area contributed by atoms with Crippen LogP contribution in [0.3, 0.4) is 0 Å². The minimum absolute atomic E-state index is 0. The van der Waals surface area contributed by atoms with Crippen LogP contribution >= 0.6 is 0 Å². The molecular weight excluding hydrogens is 551 g/mol. The lowest BCUT2D eigenvalue weighted by atomic mass is 10.0. The Kier molecular flexibility index (Phi) is 14.6. The second-order valence-corrected chi connectivity index (χ2v) is 9.51. The molecule has 12 nitrogen and oxygen atoms in total. The molecule has 0 saturated carbocycles. The normalized spacial score (nSPS) is 13.0. The van der Waals surface area contributed by atoms with Gasteiger partial charge in [0.2, 0.25) is 5.91 Å². The zero-order chi connectivity index (χ0) is 30.5. The molecule has 42 heavy (non-hydrogen) atoms. The summed E-state index contributed by atoms with van der Waals surface area (Å²) >= 11 is 0. The molecule has 1 aromatic carbocycles. The minimum atomic E-state index is -1.42. The van der Waals surface area contributed by atoms with E-state index in [1.54, 1.807) is 27.7 Å². The number of amides is 3. The average Bonchev–Trinajstić information content (AvgIpc) is 3.35. The van der Waals surface area contributed by atoms with Crippen LogP contribution in [0.25, 0.3) is 0 Å². The molecule has 0 saturated heterocycles. The molecule has 0 unspecified atom stereocenters. The number of rotatable bonds is 15. The summed E-state index contributed by atoms with van der Waals surface area (Å²) in [6.07, 6.45) is 0.828. The molecule has 1 aromatic heterocycles. The fourth-order valence-corrected chi connectivity index (χ4v) is 3.60. The Morgan fingerprint density at radius 3 is 2.33 bits per heavy atom. The van der Waals surface area contributed by atoms with Gasteiger partial charge in [-0.25, -0.2) is 14.0 Å². The van der Waals surface area contributed by atoms with Gasteiger partial charge in [0.15, 0.2) is 11.8 Å². The number of hydrogen-bond acceptors (Lipinski definition) is 9. The van der Waals surface area contributed by atoms with Crippen LogP contribution < -0.4 is 16.4 Å². The topological polar surface area (TPSA) is 180 Å². The van der Waals surface area contributed by atoms with E-state index in [-0.39, 0.29) is 39.0 Å². The molecule has 1 heterocycles. The van der Waals surface area contributed by atoms with E-state index in [2.05, 4.69) is 15.8 Å². The van der Waals surface area contributed by atoms with Crippen LogP contribution in [0.4, 0.5) is 4.39 Å². The third-order valence-electron chi connectivity index (χ3n) is 5.73. The first-order chi connectivity index (χ1) is 19.4. The third-order valence-corrected chi connectivity index (χ3v) is 5.73. The number of nitrogens with one attached hydrogen (secondary N) is 2. The van der Waals surface area contributed by atoms with Gasteiger partial charge in [0.1, 0.15) is 17.6 Å². The lowest BCUT2D eigenvalue weighted by molar-refractivity contribution is -0.158. The summed E-state index contributed by atoms with van der Waals surface area (Å²) in [7, 11) is 0. The van der Waals surface area contributed by atoms with Crippen molar-refractivity contribution in [1.29, 1.82) is 0 Å². The SMILES string of the molecule is CCOC(=O)/C=C/[C@H](CCC(N)=O)NC(=O)[C@H](Cc1ccc(F)cc1)OC(=O)[C@@H](NC(=O)c1cc(C)on1)C(C)C.[CH3-]. The number of primary amides is 1. The number of carbonyl (C=O) groups excluding carboxylic acids is 5. The lowest BCUT2D eigenvalue weighted by Crippen LogP contribution is -2.49. The summed E-state index contributed by atoms with van der Waals surface area (Å²) in [5.41, 5.74) is 5.70. The van der Waals surface area contributed by atoms with Crippen LogP contribution in [-0.2, 0) is 35.1 Å². The van der Waals surface area contributed by atoms with E-state index < -0.39 is 59.6 Å². The minimum Gasteiger partial charge on any atom is -0.463 e. The van der Waals surface area contributed by atoms with Gasteiger partial charge in [-0.15, -0.1) is 0 Å². The smallest absolute Gasteiger partial charge is 0.330 e. The molecule has 3 atom stereocenters. The summed E-state index contributed by atoms with van der Waals surface area (Å²) in [5, 5.41) is 8.83. The van der Waals surface area contributed by atoms with Crippen molar-refractivity contribution in [2.75, 3.05) is 6.61 Å². The van der Waals surface area contributed by atoms with Crippen molar-refractivity contribution in [2.24, 2.45) is 11.7 Å². The van der Waals surface area contributed by atoms with Gasteiger partial charge < -0.3 is 37.8 Å². The molecule has 2 rings (SSSR count). The van der Waals surface area contributed by atoms with E-state index in [9.17, 15) is 28.4 Å². The molecule has 13 heteroatoms. The number of esters is 2. The Hall–Kier alpha value is -4.55. The Labute approximate surface area is 244 Å². The highest BCUT2D eigenvalue weighted by molar-refractivity contribution is 5.95. The van der Waals surface area contributed by atoms with Crippen molar-refractivity contribution >= 4 is 29.7 Å². The van der Waals surface area contributed by atoms with E-state index in [0.29, 0.717) is 11.3 Å². The van der Waals surface area contributed by atoms with Crippen LogP contribution in [0.2, 0.25) is 0 Å². The average molecular weight is 590 g/mol. The maximum absolute atomic E-state index is 13.5. The van der Waals surface area contributed by atoms with E-state index >= 15 is 0 Å². The van der Waals surface area contributed by atoms with Gasteiger partial charge in [-0.1, -0.05) is 37.2 Å². The molecule has 0 aliphatic carbocycles. The first-order valence-electron chi connectivity index (χ1n) is 13.0. The molecule has 0 radical (unpaired) electrons. The number of hydrogen-bond donors (Lipinski definition) is 3. The quantitative estimate of drug-likeness (QED) is 0.160. The fraction of sp³-hybridized carbons (Fsp3) is 0.414. The Bertz CT molecular complexity index is 1240. The van der Waals surface area contributed by atoms with Crippen LogP contribution in [0, 0.1) is 26.1 Å². The van der Waals surface area contributed by atoms with Crippen LogP contribution in [0.15, 0.2) is 47.0 Å². The summed E-state index contributed by atoms with van der Waals surface area (Å²) in [6, 6.07) is 4.66. The molecule has 0 fully saturated rings. The molecule has 0 spiro atoms. The van der Waals surface area contributed by atoms with Gasteiger partial charge in [-0.2, -0.15) is 0 Å². The second kappa shape index (κ2) is 17.3.